The van der Waals surface area contributed by atoms with Crippen molar-refractivity contribution in [1.82, 2.24) is 4.90 Å². The predicted molar refractivity (Wildman–Crippen MR) is 75.2 cm³/mol. The SMILES string of the molecule is Cc1ccoc1CNc1ccc(C(=O)N(C)C)cc1. The zero-order chi connectivity index (χ0) is 13.8. The summed E-state index contributed by atoms with van der Waals surface area (Å²) in [6.07, 6.45) is 1.69. The molecule has 0 radical (unpaired) electrons. The maximum absolute atomic E-state index is 11.7. The topological polar surface area (TPSA) is 45.5 Å². The average Bonchev–Trinajstić information content (AvgIpc) is 2.81. The molecule has 0 unspecified atom stereocenters. The number of carbonyl (C=O) groups excluding carboxylic acids is 1. The van der Waals surface area contributed by atoms with Gasteiger partial charge in [0.1, 0.15) is 5.76 Å². The second-order valence-corrected chi connectivity index (χ2v) is 4.66. The zero-order valence-corrected chi connectivity index (χ0v) is 11.4. The fourth-order valence-electron chi connectivity index (χ4n) is 1.76. The molecule has 19 heavy (non-hydrogen) atoms. The first-order valence-electron chi connectivity index (χ1n) is 6.16. The van der Waals surface area contributed by atoms with Crippen LogP contribution in [-0.4, -0.2) is 24.9 Å². The largest absolute Gasteiger partial charge is 0.467 e. The molecule has 1 aromatic heterocycles. The Labute approximate surface area is 113 Å². The molecule has 0 saturated carbocycles. The number of benzene rings is 1. The average molecular weight is 258 g/mol. The van der Waals surface area contributed by atoms with Gasteiger partial charge in [-0.15, -0.1) is 0 Å². The molecule has 4 heteroatoms. The molecule has 0 bridgehead atoms. The number of hydrogen-bond acceptors (Lipinski definition) is 3. The van der Waals surface area contributed by atoms with Crippen LogP contribution in [0.3, 0.4) is 0 Å². The van der Waals surface area contributed by atoms with Crippen LogP contribution in [-0.2, 0) is 6.54 Å². The van der Waals surface area contributed by atoms with Gasteiger partial charge in [0, 0.05) is 25.3 Å². The first kappa shape index (κ1) is 13.2. The summed E-state index contributed by atoms with van der Waals surface area (Å²) in [4.78, 5) is 13.3. The van der Waals surface area contributed by atoms with E-state index in [1.807, 2.05) is 37.3 Å². The minimum Gasteiger partial charge on any atom is -0.467 e. The van der Waals surface area contributed by atoms with Crippen molar-refractivity contribution < 1.29 is 9.21 Å². The third-order valence-electron chi connectivity index (χ3n) is 2.96. The predicted octanol–water partition coefficient (Wildman–Crippen LogP) is 2.90. The summed E-state index contributed by atoms with van der Waals surface area (Å²) in [7, 11) is 3.49. The summed E-state index contributed by atoms with van der Waals surface area (Å²) in [5.41, 5.74) is 2.78. The van der Waals surface area contributed by atoms with Gasteiger partial charge >= 0.3 is 0 Å². The number of nitrogens with one attached hydrogen (secondary N) is 1. The van der Waals surface area contributed by atoms with Gasteiger partial charge in [-0.2, -0.15) is 0 Å². The highest BCUT2D eigenvalue weighted by Crippen LogP contribution is 2.14. The van der Waals surface area contributed by atoms with Crippen molar-refractivity contribution in [3.05, 3.63) is 53.5 Å². The lowest BCUT2D eigenvalue weighted by Crippen LogP contribution is -2.21. The van der Waals surface area contributed by atoms with E-state index in [0.29, 0.717) is 12.1 Å². The Hall–Kier alpha value is -2.23. The van der Waals surface area contributed by atoms with Crippen molar-refractivity contribution in [2.45, 2.75) is 13.5 Å². The molecule has 1 aromatic carbocycles. The minimum absolute atomic E-state index is 0.00780. The minimum atomic E-state index is 0.00780. The second kappa shape index (κ2) is 5.61. The lowest BCUT2D eigenvalue weighted by atomic mass is 10.2. The van der Waals surface area contributed by atoms with Gasteiger partial charge in [-0.1, -0.05) is 0 Å². The smallest absolute Gasteiger partial charge is 0.253 e. The highest BCUT2D eigenvalue weighted by Gasteiger charge is 2.07. The number of amides is 1. The Balaban J connectivity index is 1.99. The van der Waals surface area contributed by atoms with Gasteiger partial charge in [-0.25, -0.2) is 0 Å². The number of anilines is 1. The molecule has 0 fully saturated rings. The van der Waals surface area contributed by atoms with Crippen LogP contribution in [0.2, 0.25) is 0 Å². The van der Waals surface area contributed by atoms with Crippen LogP contribution in [0.25, 0.3) is 0 Å². The van der Waals surface area contributed by atoms with Gasteiger partial charge in [0.2, 0.25) is 0 Å². The quantitative estimate of drug-likeness (QED) is 0.917. The lowest BCUT2D eigenvalue weighted by molar-refractivity contribution is 0.0827. The Bertz CT molecular complexity index is 556. The van der Waals surface area contributed by atoms with E-state index in [1.165, 1.54) is 0 Å². The van der Waals surface area contributed by atoms with E-state index >= 15 is 0 Å². The van der Waals surface area contributed by atoms with Crippen LogP contribution < -0.4 is 5.32 Å². The van der Waals surface area contributed by atoms with Crippen molar-refractivity contribution >= 4 is 11.6 Å². The molecule has 100 valence electrons. The molecule has 1 N–H and O–H groups in total. The van der Waals surface area contributed by atoms with Gasteiger partial charge in [-0.3, -0.25) is 4.79 Å². The summed E-state index contributed by atoms with van der Waals surface area (Å²) >= 11 is 0. The summed E-state index contributed by atoms with van der Waals surface area (Å²) in [5.74, 6) is 0.932. The van der Waals surface area contributed by atoms with Crippen LogP contribution >= 0.6 is 0 Å². The Morgan fingerprint density at radius 2 is 1.89 bits per heavy atom. The first-order chi connectivity index (χ1) is 9.08. The number of nitrogens with zero attached hydrogens (tertiary/aromatic N) is 1. The Morgan fingerprint density at radius 1 is 1.21 bits per heavy atom. The van der Waals surface area contributed by atoms with E-state index in [-0.39, 0.29) is 5.91 Å². The van der Waals surface area contributed by atoms with Crippen LogP contribution in [0.5, 0.6) is 0 Å². The molecule has 0 aliphatic heterocycles. The number of hydrogen-bond donors (Lipinski definition) is 1. The first-order valence-corrected chi connectivity index (χ1v) is 6.16. The molecule has 0 saturated heterocycles. The molecule has 4 nitrogen and oxygen atoms in total. The van der Waals surface area contributed by atoms with Crippen LogP contribution in [0, 0.1) is 6.92 Å². The zero-order valence-electron chi connectivity index (χ0n) is 11.4. The monoisotopic (exact) mass is 258 g/mol. The van der Waals surface area contributed by atoms with Gasteiger partial charge < -0.3 is 14.6 Å². The van der Waals surface area contributed by atoms with Crippen LogP contribution in [0.4, 0.5) is 5.69 Å². The van der Waals surface area contributed by atoms with Gasteiger partial charge in [0.25, 0.3) is 5.91 Å². The van der Waals surface area contributed by atoms with E-state index in [1.54, 1.807) is 25.3 Å². The molecule has 2 aromatic rings. The maximum atomic E-state index is 11.7. The van der Waals surface area contributed by atoms with E-state index in [2.05, 4.69) is 5.32 Å². The number of carbonyl (C=O) groups is 1. The van der Waals surface area contributed by atoms with Crippen molar-refractivity contribution in [3.8, 4) is 0 Å². The Morgan fingerprint density at radius 3 is 2.42 bits per heavy atom. The number of furan rings is 1. The molecule has 0 aliphatic rings. The molecule has 2 rings (SSSR count). The van der Waals surface area contributed by atoms with E-state index in [0.717, 1.165) is 17.0 Å². The van der Waals surface area contributed by atoms with E-state index in [9.17, 15) is 4.79 Å². The van der Waals surface area contributed by atoms with Crippen LogP contribution in [0.1, 0.15) is 21.7 Å². The third kappa shape index (κ3) is 3.16. The van der Waals surface area contributed by atoms with Crippen molar-refractivity contribution in [1.29, 1.82) is 0 Å². The van der Waals surface area contributed by atoms with Gasteiger partial charge in [0.15, 0.2) is 0 Å². The summed E-state index contributed by atoms with van der Waals surface area (Å²) < 4.78 is 5.36. The summed E-state index contributed by atoms with van der Waals surface area (Å²) in [6, 6.07) is 9.37. The summed E-state index contributed by atoms with van der Waals surface area (Å²) in [6.45, 7) is 2.65. The lowest BCUT2D eigenvalue weighted by Gasteiger charge is -2.11. The molecule has 0 spiro atoms. The fraction of sp³-hybridized carbons (Fsp3) is 0.267. The van der Waals surface area contributed by atoms with E-state index < -0.39 is 0 Å². The van der Waals surface area contributed by atoms with E-state index in [4.69, 9.17) is 4.42 Å². The number of rotatable bonds is 4. The van der Waals surface area contributed by atoms with Gasteiger partial charge in [-0.05, 0) is 42.8 Å². The van der Waals surface area contributed by atoms with Crippen molar-refractivity contribution in [2.75, 3.05) is 19.4 Å². The highest BCUT2D eigenvalue weighted by atomic mass is 16.3. The standard InChI is InChI=1S/C15H18N2O2/c1-11-8-9-19-14(11)10-16-13-6-4-12(5-7-13)15(18)17(2)3/h4-9,16H,10H2,1-3H3. The molecule has 1 amide bonds. The highest BCUT2D eigenvalue weighted by molar-refractivity contribution is 5.94. The maximum Gasteiger partial charge on any atom is 0.253 e. The summed E-state index contributed by atoms with van der Waals surface area (Å²) in [5, 5.41) is 3.26. The van der Waals surface area contributed by atoms with Crippen LogP contribution in [0.15, 0.2) is 41.0 Å². The van der Waals surface area contributed by atoms with Crippen molar-refractivity contribution in [3.63, 3.8) is 0 Å². The molecule has 0 aliphatic carbocycles. The third-order valence-corrected chi connectivity index (χ3v) is 2.96. The number of aryl methyl sites for hydroxylation is 1. The molecule has 1 heterocycles. The molecule has 0 atom stereocenters. The second-order valence-electron chi connectivity index (χ2n) is 4.66. The fourth-order valence-corrected chi connectivity index (χ4v) is 1.76. The Kier molecular flexibility index (Phi) is 3.90. The normalized spacial score (nSPS) is 10.3. The molecular weight excluding hydrogens is 240 g/mol. The van der Waals surface area contributed by atoms with Gasteiger partial charge in [0.05, 0.1) is 12.8 Å². The van der Waals surface area contributed by atoms with Crippen molar-refractivity contribution in [2.24, 2.45) is 0 Å². The molecular formula is C15H18N2O2.